The summed E-state index contributed by atoms with van der Waals surface area (Å²) in [6, 6.07) is 0.286. The van der Waals surface area contributed by atoms with Crippen LogP contribution < -0.4 is 0 Å². The monoisotopic (exact) mass is 294 g/mol. The molecule has 120 valence electrons. The van der Waals surface area contributed by atoms with Gasteiger partial charge in [-0.3, -0.25) is 14.2 Å². The summed E-state index contributed by atoms with van der Waals surface area (Å²) in [7, 11) is 6.05. The van der Waals surface area contributed by atoms with Crippen LogP contribution in [0.2, 0.25) is 0 Å². The molecule has 2 nitrogen and oxygen atoms in total. The lowest BCUT2D eigenvalue weighted by atomic mass is 9.71. The Balaban J connectivity index is 1.88. The van der Waals surface area contributed by atoms with E-state index < -0.39 is 5.57 Å². The van der Waals surface area contributed by atoms with Crippen molar-refractivity contribution < 1.29 is 4.39 Å². The Bertz CT molecular complexity index is 325. The molecule has 2 fully saturated rings. The molecule has 0 bridgehead atoms. The summed E-state index contributed by atoms with van der Waals surface area (Å²) in [5.41, 5.74) is -1.56. The van der Waals surface area contributed by atoms with E-state index in [0.29, 0.717) is 12.6 Å². The molecule has 0 amide bonds. The van der Waals surface area contributed by atoms with Crippen molar-refractivity contribution in [3.8, 4) is 0 Å². The van der Waals surface area contributed by atoms with Crippen LogP contribution in [0.15, 0.2) is 0 Å². The van der Waals surface area contributed by atoms with Crippen LogP contribution in [0.3, 0.4) is 0 Å². The Morgan fingerprint density at radius 3 is 2.19 bits per heavy atom. The molecule has 0 aliphatic carbocycles. The van der Waals surface area contributed by atoms with Crippen molar-refractivity contribution in [1.82, 2.24) is 9.80 Å². The molecule has 2 aliphatic heterocycles. The summed E-state index contributed by atoms with van der Waals surface area (Å²) < 4.78 is 14.9. The van der Waals surface area contributed by atoms with Crippen molar-refractivity contribution in [3.05, 3.63) is 0 Å². The van der Waals surface area contributed by atoms with Crippen LogP contribution >= 0.6 is 0 Å². The minimum atomic E-state index is -1.56. The normalized spacial score (nSPS) is 34.0. The van der Waals surface area contributed by atoms with Crippen LogP contribution in [-0.4, -0.2) is 61.5 Å². The number of hydrogen-bond acceptors (Lipinski definition) is 2. The Hall–Kier alpha value is -0.0851. The molecule has 2 rings (SSSR count). The van der Waals surface area contributed by atoms with Crippen LogP contribution in [0, 0.1) is 11.8 Å². The van der Waals surface area contributed by atoms with E-state index in [-0.39, 0.29) is 6.04 Å². The quantitative estimate of drug-likeness (QED) is 0.735. The van der Waals surface area contributed by atoms with Crippen molar-refractivity contribution >= 4 is 7.85 Å². The van der Waals surface area contributed by atoms with E-state index >= 15 is 0 Å². The topological polar surface area (TPSA) is 6.48 Å². The van der Waals surface area contributed by atoms with Gasteiger partial charge in [-0.1, -0.05) is 13.8 Å². The van der Waals surface area contributed by atoms with Gasteiger partial charge < -0.3 is 0 Å². The fraction of sp³-hybridized carbons (Fsp3) is 1.00. The first-order valence-electron chi connectivity index (χ1n) is 8.75. The van der Waals surface area contributed by atoms with Crippen LogP contribution in [0.4, 0.5) is 4.39 Å². The Morgan fingerprint density at radius 2 is 1.71 bits per heavy atom. The number of hydrogen-bond donors (Lipinski definition) is 0. The molecule has 0 aromatic heterocycles. The van der Waals surface area contributed by atoms with Crippen LogP contribution in [0.1, 0.15) is 53.4 Å². The van der Waals surface area contributed by atoms with Gasteiger partial charge in [-0.15, -0.1) is 0 Å². The van der Waals surface area contributed by atoms with E-state index in [9.17, 15) is 4.39 Å². The molecule has 2 aliphatic rings. The largest absolute Gasteiger partial charge is 0.298 e. The lowest BCUT2D eigenvalue weighted by molar-refractivity contribution is -0.0152. The predicted molar refractivity (Wildman–Crippen MR) is 88.5 cm³/mol. The van der Waals surface area contributed by atoms with Crippen molar-refractivity contribution in [2.75, 3.05) is 26.2 Å². The third-order valence-corrected chi connectivity index (χ3v) is 5.31. The van der Waals surface area contributed by atoms with Crippen LogP contribution in [0.5, 0.6) is 0 Å². The van der Waals surface area contributed by atoms with Crippen LogP contribution in [-0.2, 0) is 0 Å². The molecule has 2 radical (unpaired) electrons. The van der Waals surface area contributed by atoms with Gasteiger partial charge in [0.15, 0.2) is 0 Å². The second kappa shape index (κ2) is 7.00. The minimum absolute atomic E-state index is 0.0903. The summed E-state index contributed by atoms with van der Waals surface area (Å²) in [4.78, 5) is 4.50. The number of alkyl halides is 1. The first kappa shape index (κ1) is 17.3. The third-order valence-electron chi connectivity index (χ3n) is 5.31. The fourth-order valence-corrected chi connectivity index (χ4v) is 4.12. The molecule has 21 heavy (non-hydrogen) atoms. The molecule has 2 unspecified atom stereocenters. The molecule has 2 heterocycles. The van der Waals surface area contributed by atoms with E-state index in [1.165, 1.54) is 19.3 Å². The third kappa shape index (κ3) is 4.45. The highest BCUT2D eigenvalue weighted by Gasteiger charge is 2.43. The lowest BCUT2D eigenvalue weighted by Crippen LogP contribution is -2.62. The molecule has 0 aromatic carbocycles. The number of piperidine rings is 2. The standard InChI is InChI=1S/C17H32BFN2/c1-13(2)11-15-5-8-20(9-6-15)16-7-10-21(14(3)4)12-17(16,18)19/h13-16H,5-12H2,1-4H3. The zero-order valence-corrected chi connectivity index (χ0v) is 14.3. The van der Waals surface area contributed by atoms with Crippen molar-refractivity contribution in [1.29, 1.82) is 0 Å². The van der Waals surface area contributed by atoms with Crippen molar-refractivity contribution in [2.24, 2.45) is 11.8 Å². The highest BCUT2D eigenvalue weighted by molar-refractivity contribution is 6.15. The Morgan fingerprint density at radius 1 is 1.10 bits per heavy atom. The summed E-state index contributed by atoms with van der Waals surface area (Å²) in [5.74, 6) is 1.59. The molecule has 2 atom stereocenters. The van der Waals surface area contributed by atoms with Crippen molar-refractivity contribution in [2.45, 2.75) is 71.0 Å². The number of halogens is 1. The van der Waals surface area contributed by atoms with Gasteiger partial charge >= 0.3 is 0 Å². The zero-order valence-electron chi connectivity index (χ0n) is 14.3. The maximum Gasteiger partial charge on any atom is 0.125 e. The average Bonchev–Trinajstić information content (AvgIpc) is 2.38. The summed E-state index contributed by atoms with van der Waals surface area (Å²) in [5, 5.41) is 0. The van der Waals surface area contributed by atoms with Gasteiger partial charge in [0, 0.05) is 25.2 Å². The molecule has 4 heteroatoms. The molecular weight excluding hydrogens is 262 g/mol. The van der Waals surface area contributed by atoms with Gasteiger partial charge in [0.2, 0.25) is 0 Å². The number of nitrogens with zero attached hydrogens (tertiary/aromatic N) is 2. The maximum absolute atomic E-state index is 14.9. The summed E-state index contributed by atoms with van der Waals surface area (Å²) in [6.45, 7) is 12.2. The summed E-state index contributed by atoms with van der Waals surface area (Å²) >= 11 is 0. The number of likely N-dealkylation sites (tertiary alicyclic amines) is 2. The Kier molecular flexibility index (Phi) is 5.75. The highest BCUT2D eigenvalue weighted by atomic mass is 19.1. The van der Waals surface area contributed by atoms with Gasteiger partial charge in [0.25, 0.3) is 0 Å². The zero-order chi connectivity index (χ0) is 15.6. The summed E-state index contributed by atoms with van der Waals surface area (Å²) in [6.07, 6.45) is 4.58. The SMILES string of the molecule is [B]C1(F)CN(C(C)C)CCC1N1CCC(CC(C)C)CC1. The first-order chi connectivity index (χ1) is 9.79. The highest BCUT2D eigenvalue weighted by Crippen LogP contribution is 2.32. The maximum atomic E-state index is 14.9. The second-order valence-corrected chi connectivity index (χ2v) is 7.90. The van der Waals surface area contributed by atoms with Gasteiger partial charge in [0.05, 0.1) is 5.57 Å². The van der Waals surface area contributed by atoms with Crippen molar-refractivity contribution in [3.63, 3.8) is 0 Å². The van der Waals surface area contributed by atoms with Gasteiger partial charge in [-0.25, -0.2) is 0 Å². The van der Waals surface area contributed by atoms with E-state index in [4.69, 9.17) is 7.85 Å². The van der Waals surface area contributed by atoms with Gasteiger partial charge in [-0.2, -0.15) is 0 Å². The number of rotatable bonds is 4. The predicted octanol–water partition coefficient (Wildman–Crippen LogP) is 3.06. The Labute approximate surface area is 131 Å². The molecular formula is C17H32BFN2. The van der Waals surface area contributed by atoms with E-state index in [0.717, 1.165) is 37.9 Å². The lowest BCUT2D eigenvalue weighted by Gasteiger charge is -2.49. The molecule has 0 saturated carbocycles. The van der Waals surface area contributed by atoms with Gasteiger partial charge in [0.1, 0.15) is 7.85 Å². The minimum Gasteiger partial charge on any atom is -0.298 e. The smallest absolute Gasteiger partial charge is 0.125 e. The fourth-order valence-electron chi connectivity index (χ4n) is 4.12. The average molecular weight is 294 g/mol. The molecule has 0 aromatic rings. The van der Waals surface area contributed by atoms with Gasteiger partial charge in [-0.05, 0) is 64.5 Å². The molecule has 0 N–H and O–H groups in total. The van der Waals surface area contributed by atoms with E-state index in [1.54, 1.807) is 0 Å². The molecule has 2 saturated heterocycles. The second-order valence-electron chi connectivity index (χ2n) is 7.90. The van der Waals surface area contributed by atoms with E-state index in [1.807, 2.05) is 0 Å². The van der Waals surface area contributed by atoms with Crippen LogP contribution in [0.25, 0.3) is 0 Å². The molecule has 0 spiro atoms. The van der Waals surface area contributed by atoms with E-state index in [2.05, 4.69) is 37.5 Å². The first-order valence-corrected chi connectivity index (χ1v) is 8.75.